The Bertz CT molecular complexity index is 735. The number of rotatable bonds is 7. The molecule has 0 heterocycles. The molecule has 0 amide bonds. The molecule has 0 aliphatic heterocycles. The van der Waals surface area contributed by atoms with Gasteiger partial charge in [-0.15, -0.1) is 0 Å². The van der Waals surface area contributed by atoms with Crippen molar-refractivity contribution in [2.75, 3.05) is 13.2 Å². The molecule has 0 aromatic heterocycles. The SMILES string of the molecule is CCCOCCc1ccc(C(=O)Oc2ccc(C#N)c(F)c2)cc1. The van der Waals surface area contributed by atoms with Crippen molar-refractivity contribution < 1.29 is 18.7 Å². The lowest BCUT2D eigenvalue weighted by molar-refractivity contribution is 0.0734. The second-order valence-electron chi connectivity index (χ2n) is 5.20. The third-order valence-electron chi connectivity index (χ3n) is 3.34. The summed E-state index contributed by atoms with van der Waals surface area (Å²) in [6, 6.07) is 12.4. The molecule has 2 aromatic carbocycles. The summed E-state index contributed by atoms with van der Waals surface area (Å²) in [5.41, 5.74) is 1.34. The lowest BCUT2D eigenvalue weighted by Crippen LogP contribution is -2.09. The molecule has 0 atom stereocenters. The second kappa shape index (κ2) is 8.80. The third-order valence-corrected chi connectivity index (χ3v) is 3.34. The Morgan fingerprint density at radius 1 is 1.17 bits per heavy atom. The van der Waals surface area contributed by atoms with Gasteiger partial charge in [0.2, 0.25) is 0 Å². The van der Waals surface area contributed by atoms with Gasteiger partial charge < -0.3 is 9.47 Å². The Kier molecular flexibility index (Phi) is 6.47. The van der Waals surface area contributed by atoms with Gasteiger partial charge in [-0.2, -0.15) is 5.26 Å². The van der Waals surface area contributed by atoms with E-state index < -0.39 is 11.8 Å². The Morgan fingerprint density at radius 2 is 1.92 bits per heavy atom. The summed E-state index contributed by atoms with van der Waals surface area (Å²) >= 11 is 0. The Hall–Kier alpha value is -2.71. The minimum absolute atomic E-state index is 0.0635. The molecule has 0 unspecified atom stereocenters. The lowest BCUT2D eigenvalue weighted by atomic mass is 10.1. The molecule has 0 saturated carbocycles. The molecule has 2 aromatic rings. The fourth-order valence-corrected chi connectivity index (χ4v) is 2.06. The highest BCUT2D eigenvalue weighted by atomic mass is 19.1. The molecule has 4 nitrogen and oxygen atoms in total. The fourth-order valence-electron chi connectivity index (χ4n) is 2.06. The summed E-state index contributed by atoms with van der Waals surface area (Å²) in [6.45, 7) is 3.44. The number of halogens is 1. The van der Waals surface area contributed by atoms with Crippen LogP contribution in [0.5, 0.6) is 5.75 Å². The Balaban J connectivity index is 1.95. The summed E-state index contributed by atoms with van der Waals surface area (Å²) in [6.07, 6.45) is 1.76. The molecule has 24 heavy (non-hydrogen) atoms. The van der Waals surface area contributed by atoms with E-state index in [1.165, 1.54) is 12.1 Å². The van der Waals surface area contributed by atoms with Gasteiger partial charge in [0.05, 0.1) is 17.7 Å². The average molecular weight is 327 g/mol. The predicted molar refractivity (Wildman–Crippen MR) is 87.3 cm³/mol. The third kappa shape index (κ3) is 4.90. The van der Waals surface area contributed by atoms with E-state index in [0.717, 1.165) is 31.1 Å². The monoisotopic (exact) mass is 327 g/mol. The maximum absolute atomic E-state index is 13.5. The van der Waals surface area contributed by atoms with Gasteiger partial charge in [-0.25, -0.2) is 9.18 Å². The van der Waals surface area contributed by atoms with E-state index >= 15 is 0 Å². The smallest absolute Gasteiger partial charge is 0.343 e. The van der Waals surface area contributed by atoms with E-state index in [-0.39, 0.29) is 11.3 Å². The largest absolute Gasteiger partial charge is 0.423 e. The number of carbonyl (C=O) groups is 1. The minimum Gasteiger partial charge on any atom is -0.423 e. The van der Waals surface area contributed by atoms with Crippen molar-refractivity contribution in [2.45, 2.75) is 19.8 Å². The molecule has 0 aliphatic rings. The van der Waals surface area contributed by atoms with Crippen LogP contribution in [-0.4, -0.2) is 19.2 Å². The topological polar surface area (TPSA) is 59.3 Å². The maximum atomic E-state index is 13.5. The van der Waals surface area contributed by atoms with Crippen molar-refractivity contribution >= 4 is 5.97 Å². The van der Waals surface area contributed by atoms with Crippen LogP contribution in [0.4, 0.5) is 4.39 Å². The van der Waals surface area contributed by atoms with E-state index in [0.29, 0.717) is 12.2 Å². The number of carbonyl (C=O) groups excluding carboxylic acids is 1. The summed E-state index contributed by atoms with van der Waals surface area (Å²) in [4.78, 5) is 12.1. The average Bonchev–Trinajstić information content (AvgIpc) is 2.59. The first-order valence-corrected chi connectivity index (χ1v) is 7.72. The number of esters is 1. The highest BCUT2D eigenvalue weighted by molar-refractivity contribution is 5.91. The highest BCUT2D eigenvalue weighted by Crippen LogP contribution is 2.17. The minimum atomic E-state index is -0.717. The zero-order valence-corrected chi connectivity index (χ0v) is 13.4. The van der Waals surface area contributed by atoms with Gasteiger partial charge >= 0.3 is 5.97 Å². The number of hydrogen-bond acceptors (Lipinski definition) is 4. The molecule has 5 heteroatoms. The van der Waals surface area contributed by atoms with Gasteiger partial charge in [-0.1, -0.05) is 19.1 Å². The molecule has 0 radical (unpaired) electrons. The van der Waals surface area contributed by atoms with Gasteiger partial charge in [0.15, 0.2) is 0 Å². The van der Waals surface area contributed by atoms with Gasteiger partial charge in [0.1, 0.15) is 17.6 Å². The van der Waals surface area contributed by atoms with Crippen molar-refractivity contribution in [3.05, 3.63) is 65.0 Å². The van der Waals surface area contributed by atoms with Crippen LogP contribution in [0.1, 0.15) is 34.8 Å². The Morgan fingerprint density at radius 3 is 2.54 bits per heavy atom. The molecule has 0 saturated heterocycles. The molecule has 0 N–H and O–H groups in total. The van der Waals surface area contributed by atoms with Crippen molar-refractivity contribution in [1.82, 2.24) is 0 Å². The van der Waals surface area contributed by atoms with E-state index in [1.807, 2.05) is 12.1 Å². The quantitative estimate of drug-likeness (QED) is 0.440. The second-order valence-corrected chi connectivity index (χ2v) is 5.20. The molecular weight excluding hydrogens is 309 g/mol. The summed E-state index contributed by atoms with van der Waals surface area (Å²) < 4.78 is 24.0. The number of ether oxygens (including phenoxy) is 2. The standard InChI is InChI=1S/C19H18FNO3/c1-2-10-23-11-9-14-3-5-15(6-4-14)19(22)24-17-8-7-16(13-21)18(20)12-17/h3-8,12H,2,9-11H2,1H3. The first kappa shape index (κ1) is 17.6. The summed E-state index contributed by atoms with van der Waals surface area (Å²) in [7, 11) is 0. The van der Waals surface area contributed by atoms with E-state index in [1.54, 1.807) is 18.2 Å². The van der Waals surface area contributed by atoms with E-state index in [9.17, 15) is 9.18 Å². The first-order chi connectivity index (χ1) is 11.6. The molecule has 0 bridgehead atoms. The molecular formula is C19H18FNO3. The van der Waals surface area contributed by atoms with Crippen LogP contribution in [0, 0.1) is 17.1 Å². The van der Waals surface area contributed by atoms with Gasteiger partial charge in [0.25, 0.3) is 0 Å². The molecule has 124 valence electrons. The zero-order chi connectivity index (χ0) is 17.4. The zero-order valence-electron chi connectivity index (χ0n) is 13.4. The van der Waals surface area contributed by atoms with Gasteiger partial charge in [-0.05, 0) is 42.7 Å². The first-order valence-electron chi connectivity index (χ1n) is 7.72. The van der Waals surface area contributed by atoms with E-state index in [4.69, 9.17) is 14.7 Å². The number of nitrogens with zero attached hydrogens (tertiary/aromatic N) is 1. The summed E-state index contributed by atoms with van der Waals surface area (Å²) in [5, 5.41) is 8.68. The van der Waals surface area contributed by atoms with Crippen LogP contribution < -0.4 is 4.74 Å². The number of benzene rings is 2. The number of hydrogen-bond donors (Lipinski definition) is 0. The van der Waals surface area contributed by atoms with Crippen molar-refractivity contribution in [2.24, 2.45) is 0 Å². The fraction of sp³-hybridized carbons (Fsp3) is 0.263. The van der Waals surface area contributed by atoms with Crippen LogP contribution in [0.15, 0.2) is 42.5 Å². The highest BCUT2D eigenvalue weighted by Gasteiger charge is 2.10. The molecule has 0 aliphatic carbocycles. The van der Waals surface area contributed by atoms with Crippen molar-refractivity contribution in [3.63, 3.8) is 0 Å². The van der Waals surface area contributed by atoms with Crippen LogP contribution in [0.25, 0.3) is 0 Å². The normalized spacial score (nSPS) is 10.2. The van der Waals surface area contributed by atoms with Crippen LogP contribution >= 0.6 is 0 Å². The van der Waals surface area contributed by atoms with Crippen LogP contribution in [0.2, 0.25) is 0 Å². The van der Waals surface area contributed by atoms with Crippen LogP contribution in [-0.2, 0) is 11.2 Å². The molecule has 2 rings (SSSR count). The van der Waals surface area contributed by atoms with Gasteiger partial charge in [0, 0.05) is 12.7 Å². The lowest BCUT2D eigenvalue weighted by Gasteiger charge is -2.06. The Labute approximate surface area is 140 Å². The van der Waals surface area contributed by atoms with Crippen molar-refractivity contribution in [3.8, 4) is 11.8 Å². The van der Waals surface area contributed by atoms with Crippen LogP contribution in [0.3, 0.4) is 0 Å². The molecule has 0 spiro atoms. The van der Waals surface area contributed by atoms with E-state index in [2.05, 4.69) is 6.92 Å². The number of nitriles is 1. The van der Waals surface area contributed by atoms with Gasteiger partial charge in [-0.3, -0.25) is 0 Å². The van der Waals surface area contributed by atoms with Crippen molar-refractivity contribution in [1.29, 1.82) is 5.26 Å². The predicted octanol–water partition coefficient (Wildman–Crippen LogP) is 3.89. The molecule has 0 fully saturated rings. The summed E-state index contributed by atoms with van der Waals surface area (Å²) in [5.74, 6) is -1.23. The maximum Gasteiger partial charge on any atom is 0.343 e.